The Morgan fingerprint density at radius 2 is 2.26 bits per heavy atom. The van der Waals surface area contributed by atoms with Crippen molar-refractivity contribution < 1.29 is 4.79 Å². The fraction of sp³-hybridized carbons (Fsp3) is 0.286. The number of nitrogens with zero attached hydrogens (tertiary/aromatic N) is 3. The molecule has 1 aromatic carbocycles. The van der Waals surface area contributed by atoms with Crippen LogP contribution in [0.2, 0.25) is 0 Å². The lowest BCUT2D eigenvalue weighted by atomic mass is 10.1. The van der Waals surface area contributed by atoms with Crippen LogP contribution in [0.25, 0.3) is 0 Å². The molecule has 0 bridgehead atoms. The minimum atomic E-state index is -0.0587. The van der Waals surface area contributed by atoms with Crippen molar-refractivity contribution in [3.05, 3.63) is 42.0 Å². The molecule has 0 aliphatic carbocycles. The van der Waals surface area contributed by atoms with Gasteiger partial charge in [0.25, 0.3) is 5.91 Å². The van der Waals surface area contributed by atoms with E-state index >= 15 is 0 Å². The van der Waals surface area contributed by atoms with Gasteiger partial charge < -0.3 is 15.2 Å². The molecule has 0 fully saturated rings. The predicted octanol–water partition coefficient (Wildman–Crippen LogP) is 1.59. The molecule has 0 radical (unpaired) electrons. The molecular weight excluding hydrogens is 240 g/mol. The first kappa shape index (κ1) is 11.8. The summed E-state index contributed by atoms with van der Waals surface area (Å²) in [5.74, 6) is -0.0587. The van der Waals surface area contributed by atoms with Gasteiger partial charge in [0.2, 0.25) is 0 Å². The average Bonchev–Trinajstić information content (AvgIpc) is 2.91. The number of aromatic nitrogens is 2. The molecule has 1 aromatic heterocycles. The van der Waals surface area contributed by atoms with Crippen molar-refractivity contribution in [2.24, 2.45) is 7.05 Å². The summed E-state index contributed by atoms with van der Waals surface area (Å²) >= 11 is 0. The van der Waals surface area contributed by atoms with Crippen molar-refractivity contribution in [3.63, 3.8) is 0 Å². The van der Waals surface area contributed by atoms with E-state index in [1.807, 2.05) is 32.2 Å². The molecule has 1 amide bonds. The van der Waals surface area contributed by atoms with Crippen molar-refractivity contribution in [1.82, 2.24) is 9.55 Å². The second-order valence-corrected chi connectivity index (χ2v) is 5.04. The SMILES string of the molecule is CC1Cc2cc(N)ccc2N1C(=O)c1cn(C)cn1. The highest BCUT2D eigenvalue weighted by atomic mass is 16.2. The molecule has 19 heavy (non-hydrogen) atoms. The van der Waals surface area contributed by atoms with Gasteiger partial charge in [-0.3, -0.25) is 4.79 Å². The Hall–Kier alpha value is -2.30. The third kappa shape index (κ3) is 1.87. The lowest BCUT2D eigenvalue weighted by molar-refractivity contribution is 0.0977. The van der Waals surface area contributed by atoms with Gasteiger partial charge in [0.1, 0.15) is 5.69 Å². The molecule has 5 nitrogen and oxygen atoms in total. The van der Waals surface area contributed by atoms with E-state index in [1.165, 1.54) is 0 Å². The normalized spacial score (nSPS) is 17.6. The molecule has 1 aliphatic rings. The Kier molecular flexibility index (Phi) is 2.55. The van der Waals surface area contributed by atoms with Gasteiger partial charge in [0, 0.05) is 30.7 Å². The average molecular weight is 256 g/mol. The van der Waals surface area contributed by atoms with E-state index in [2.05, 4.69) is 4.98 Å². The van der Waals surface area contributed by atoms with E-state index in [1.54, 1.807) is 22.0 Å². The largest absolute Gasteiger partial charge is 0.399 e. The van der Waals surface area contributed by atoms with Crippen LogP contribution in [0.5, 0.6) is 0 Å². The number of nitrogens with two attached hydrogens (primary N) is 1. The first-order valence-electron chi connectivity index (χ1n) is 6.26. The zero-order valence-corrected chi connectivity index (χ0v) is 11.0. The van der Waals surface area contributed by atoms with Gasteiger partial charge in [-0.25, -0.2) is 4.98 Å². The van der Waals surface area contributed by atoms with Gasteiger partial charge in [0.05, 0.1) is 6.33 Å². The van der Waals surface area contributed by atoms with Crippen molar-refractivity contribution in [2.75, 3.05) is 10.6 Å². The van der Waals surface area contributed by atoms with Crippen molar-refractivity contribution in [2.45, 2.75) is 19.4 Å². The summed E-state index contributed by atoms with van der Waals surface area (Å²) in [5.41, 5.74) is 9.06. The van der Waals surface area contributed by atoms with Crippen molar-refractivity contribution in [3.8, 4) is 0 Å². The van der Waals surface area contributed by atoms with Gasteiger partial charge >= 0.3 is 0 Å². The van der Waals surface area contributed by atoms with Gasteiger partial charge in [-0.1, -0.05) is 0 Å². The summed E-state index contributed by atoms with van der Waals surface area (Å²) in [4.78, 5) is 18.5. The molecule has 0 spiro atoms. The number of aryl methyl sites for hydroxylation is 1. The highest BCUT2D eigenvalue weighted by Gasteiger charge is 2.32. The molecule has 98 valence electrons. The highest BCUT2D eigenvalue weighted by Crippen LogP contribution is 2.34. The van der Waals surface area contributed by atoms with Crippen LogP contribution >= 0.6 is 0 Å². The number of carbonyl (C=O) groups excluding carboxylic acids is 1. The molecule has 3 rings (SSSR count). The zero-order chi connectivity index (χ0) is 13.6. The predicted molar refractivity (Wildman–Crippen MR) is 74.0 cm³/mol. The van der Waals surface area contributed by atoms with Crippen LogP contribution < -0.4 is 10.6 Å². The first-order chi connectivity index (χ1) is 9.06. The molecule has 1 unspecified atom stereocenters. The second-order valence-electron chi connectivity index (χ2n) is 5.04. The number of rotatable bonds is 1. The zero-order valence-electron chi connectivity index (χ0n) is 11.0. The third-order valence-electron chi connectivity index (χ3n) is 3.46. The summed E-state index contributed by atoms with van der Waals surface area (Å²) in [7, 11) is 1.85. The van der Waals surface area contributed by atoms with E-state index in [0.717, 1.165) is 23.4 Å². The van der Waals surface area contributed by atoms with E-state index in [-0.39, 0.29) is 11.9 Å². The number of hydrogen-bond donors (Lipinski definition) is 1. The van der Waals surface area contributed by atoms with Gasteiger partial charge in [-0.2, -0.15) is 0 Å². The lowest BCUT2D eigenvalue weighted by Crippen LogP contribution is -2.35. The Bertz CT molecular complexity index is 647. The van der Waals surface area contributed by atoms with Gasteiger partial charge in [-0.05, 0) is 37.1 Å². The number of nitrogen functional groups attached to an aromatic ring is 1. The van der Waals surface area contributed by atoms with Gasteiger partial charge in [0.15, 0.2) is 0 Å². The number of benzene rings is 1. The maximum absolute atomic E-state index is 12.5. The van der Waals surface area contributed by atoms with Crippen molar-refractivity contribution in [1.29, 1.82) is 0 Å². The molecule has 1 aliphatic heterocycles. The van der Waals surface area contributed by atoms with Crippen molar-refractivity contribution >= 4 is 17.3 Å². The fourth-order valence-corrected chi connectivity index (χ4v) is 2.61. The lowest BCUT2D eigenvalue weighted by Gasteiger charge is -2.21. The number of anilines is 2. The molecule has 2 heterocycles. The van der Waals surface area contributed by atoms with Crippen LogP contribution in [0.15, 0.2) is 30.7 Å². The van der Waals surface area contributed by atoms with Crippen LogP contribution in [-0.2, 0) is 13.5 Å². The minimum absolute atomic E-state index is 0.0587. The summed E-state index contributed by atoms with van der Waals surface area (Å²) < 4.78 is 1.78. The standard InChI is InChI=1S/C14H16N4O/c1-9-5-10-6-11(15)3-4-13(10)18(9)14(19)12-7-17(2)8-16-12/h3-4,6-9H,5,15H2,1-2H3. The van der Waals surface area contributed by atoms with E-state index in [4.69, 9.17) is 5.73 Å². The number of imidazole rings is 1. The van der Waals surface area contributed by atoms with Crippen LogP contribution in [0, 0.1) is 0 Å². The second kappa shape index (κ2) is 4.12. The number of carbonyl (C=O) groups is 1. The summed E-state index contributed by atoms with van der Waals surface area (Å²) in [5, 5.41) is 0. The summed E-state index contributed by atoms with van der Waals surface area (Å²) in [6, 6.07) is 5.81. The molecule has 5 heteroatoms. The summed E-state index contributed by atoms with van der Waals surface area (Å²) in [6.45, 7) is 2.04. The van der Waals surface area contributed by atoms with Crippen LogP contribution in [-0.4, -0.2) is 21.5 Å². The fourth-order valence-electron chi connectivity index (χ4n) is 2.61. The quantitative estimate of drug-likeness (QED) is 0.788. The monoisotopic (exact) mass is 256 g/mol. The molecule has 0 saturated heterocycles. The molecule has 0 saturated carbocycles. The number of hydrogen-bond acceptors (Lipinski definition) is 3. The van der Waals surface area contributed by atoms with Crippen LogP contribution in [0.1, 0.15) is 23.0 Å². The Labute approximate surface area is 111 Å². The molecule has 2 N–H and O–H groups in total. The maximum Gasteiger partial charge on any atom is 0.278 e. The highest BCUT2D eigenvalue weighted by molar-refractivity contribution is 6.06. The molecule has 2 aromatic rings. The number of amides is 1. The Morgan fingerprint density at radius 1 is 1.47 bits per heavy atom. The van der Waals surface area contributed by atoms with E-state index < -0.39 is 0 Å². The van der Waals surface area contributed by atoms with Crippen LogP contribution in [0.3, 0.4) is 0 Å². The Morgan fingerprint density at radius 3 is 2.95 bits per heavy atom. The van der Waals surface area contributed by atoms with Crippen LogP contribution in [0.4, 0.5) is 11.4 Å². The van der Waals surface area contributed by atoms with E-state index in [0.29, 0.717) is 5.69 Å². The minimum Gasteiger partial charge on any atom is -0.399 e. The molecule has 1 atom stereocenters. The topological polar surface area (TPSA) is 64.2 Å². The maximum atomic E-state index is 12.5. The molecular formula is C14H16N4O. The van der Waals surface area contributed by atoms with Gasteiger partial charge in [-0.15, -0.1) is 0 Å². The smallest absolute Gasteiger partial charge is 0.278 e. The first-order valence-corrected chi connectivity index (χ1v) is 6.26. The third-order valence-corrected chi connectivity index (χ3v) is 3.46. The van der Waals surface area contributed by atoms with E-state index in [9.17, 15) is 4.79 Å². The number of fused-ring (bicyclic) bond motifs is 1. The Balaban J connectivity index is 2.00. The summed E-state index contributed by atoms with van der Waals surface area (Å²) in [6.07, 6.45) is 4.21.